The van der Waals surface area contributed by atoms with E-state index in [1.807, 2.05) is 0 Å². The third kappa shape index (κ3) is 4.96. The summed E-state index contributed by atoms with van der Waals surface area (Å²) in [4.78, 5) is 0. The lowest BCUT2D eigenvalue weighted by atomic mass is 9.85. The number of aliphatic hydroxyl groups is 2. The van der Waals surface area contributed by atoms with Crippen LogP contribution in [0.1, 0.15) is 46.0 Å². The molecule has 0 heterocycles. The standard InChI is InChI=1S/C12H25NO2/c1-12(2)6-3-4-10(5-7-12)13-8-11(15)9-14/h10-11,13-15H,3-9H2,1-2H3. The molecule has 1 saturated carbocycles. The molecule has 3 N–H and O–H groups in total. The van der Waals surface area contributed by atoms with Crippen LogP contribution in [0.15, 0.2) is 0 Å². The SMILES string of the molecule is CC1(C)CCCC(NCC(O)CO)CC1. The van der Waals surface area contributed by atoms with Gasteiger partial charge in [-0.15, -0.1) is 0 Å². The first-order valence-electron chi connectivity index (χ1n) is 6.06. The normalized spacial score (nSPS) is 28.4. The van der Waals surface area contributed by atoms with E-state index < -0.39 is 6.10 Å². The van der Waals surface area contributed by atoms with Crippen LogP contribution < -0.4 is 5.32 Å². The van der Waals surface area contributed by atoms with Crippen molar-refractivity contribution in [3.05, 3.63) is 0 Å². The molecule has 0 amide bonds. The maximum absolute atomic E-state index is 9.25. The fourth-order valence-electron chi connectivity index (χ4n) is 2.23. The third-order valence-corrected chi connectivity index (χ3v) is 3.43. The zero-order valence-electron chi connectivity index (χ0n) is 10.00. The molecule has 1 aliphatic carbocycles. The summed E-state index contributed by atoms with van der Waals surface area (Å²) in [6.45, 7) is 5.03. The van der Waals surface area contributed by atoms with Crippen LogP contribution in [0, 0.1) is 5.41 Å². The topological polar surface area (TPSA) is 52.5 Å². The lowest BCUT2D eigenvalue weighted by Crippen LogP contribution is -2.36. The van der Waals surface area contributed by atoms with Gasteiger partial charge < -0.3 is 15.5 Å². The smallest absolute Gasteiger partial charge is 0.0895 e. The Labute approximate surface area is 92.9 Å². The van der Waals surface area contributed by atoms with Crippen molar-refractivity contribution in [3.8, 4) is 0 Å². The van der Waals surface area contributed by atoms with Gasteiger partial charge in [-0.3, -0.25) is 0 Å². The van der Waals surface area contributed by atoms with Crippen LogP contribution in [-0.2, 0) is 0 Å². The molecular weight excluding hydrogens is 190 g/mol. The Kier molecular flexibility index (Phi) is 5.03. The van der Waals surface area contributed by atoms with Gasteiger partial charge in [-0.05, 0) is 31.1 Å². The molecule has 1 fully saturated rings. The summed E-state index contributed by atoms with van der Waals surface area (Å²) in [5, 5.41) is 21.3. The van der Waals surface area contributed by atoms with E-state index in [-0.39, 0.29) is 6.61 Å². The Morgan fingerprint density at radius 1 is 1.33 bits per heavy atom. The number of hydrogen-bond acceptors (Lipinski definition) is 3. The largest absolute Gasteiger partial charge is 0.394 e. The second-order valence-electron chi connectivity index (χ2n) is 5.54. The quantitative estimate of drug-likeness (QED) is 0.619. The van der Waals surface area contributed by atoms with Gasteiger partial charge in [-0.2, -0.15) is 0 Å². The van der Waals surface area contributed by atoms with E-state index in [1.54, 1.807) is 0 Å². The summed E-state index contributed by atoms with van der Waals surface area (Å²) in [6.07, 6.45) is 5.58. The highest BCUT2D eigenvalue weighted by atomic mass is 16.3. The van der Waals surface area contributed by atoms with Crippen molar-refractivity contribution in [2.75, 3.05) is 13.2 Å². The molecule has 3 nitrogen and oxygen atoms in total. The van der Waals surface area contributed by atoms with Crippen molar-refractivity contribution in [2.45, 2.75) is 58.1 Å². The van der Waals surface area contributed by atoms with Crippen molar-refractivity contribution in [1.29, 1.82) is 0 Å². The minimum Gasteiger partial charge on any atom is -0.394 e. The molecular formula is C12H25NO2. The maximum atomic E-state index is 9.25. The third-order valence-electron chi connectivity index (χ3n) is 3.43. The summed E-state index contributed by atoms with van der Waals surface area (Å²) < 4.78 is 0. The second kappa shape index (κ2) is 5.83. The molecule has 0 bridgehead atoms. The first kappa shape index (κ1) is 12.9. The fourth-order valence-corrected chi connectivity index (χ4v) is 2.23. The Morgan fingerprint density at radius 3 is 2.73 bits per heavy atom. The van der Waals surface area contributed by atoms with Gasteiger partial charge in [-0.1, -0.05) is 20.3 Å². The minimum atomic E-state index is -0.610. The monoisotopic (exact) mass is 215 g/mol. The lowest BCUT2D eigenvalue weighted by Gasteiger charge is -2.22. The minimum absolute atomic E-state index is 0.148. The summed E-state index contributed by atoms with van der Waals surface area (Å²) >= 11 is 0. The maximum Gasteiger partial charge on any atom is 0.0895 e. The predicted octanol–water partition coefficient (Wildman–Crippen LogP) is 1.29. The van der Waals surface area contributed by atoms with Gasteiger partial charge in [0, 0.05) is 12.6 Å². The highest BCUT2D eigenvalue weighted by Gasteiger charge is 2.24. The second-order valence-corrected chi connectivity index (χ2v) is 5.54. The Hall–Kier alpha value is -0.120. The van der Waals surface area contributed by atoms with Crippen LogP contribution in [0.5, 0.6) is 0 Å². The average molecular weight is 215 g/mol. The van der Waals surface area contributed by atoms with E-state index in [9.17, 15) is 5.11 Å². The molecule has 0 saturated heterocycles. The highest BCUT2D eigenvalue weighted by Crippen LogP contribution is 2.33. The first-order chi connectivity index (χ1) is 7.03. The van der Waals surface area contributed by atoms with Gasteiger partial charge in [0.2, 0.25) is 0 Å². The molecule has 0 spiro atoms. The van der Waals surface area contributed by atoms with E-state index in [0.29, 0.717) is 18.0 Å². The number of nitrogens with one attached hydrogen (secondary N) is 1. The summed E-state index contributed by atoms with van der Waals surface area (Å²) in [5.41, 5.74) is 0.478. The summed E-state index contributed by atoms with van der Waals surface area (Å²) in [5.74, 6) is 0. The van der Waals surface area contributed by atoms with Gasteiger partial charge in [0.05, 0.1) is 12.7 Å². The van der Waals surface area contributed by atoms with Crippen molar-refractivity contribution >= 4 is 0 Å². The van der Waals surface area contributed by atoms with Gasteiger partial charge in [0.1, 0.15) is 0 Å². The first-order valence-corrected chi connectivity index (χ1v) is 6.06. The lowest BCUT2D eigenvalue weighted by molar-refractivity contribution is 0.0912. The van der Waals surface area contributed by atoms with Crippen LogP contribution in [0.3, 0.4) is 0 Å². The number of hydrogen-bond donors (Lipinski definition) is 3. The number of aliphatic hydroxyl groups excluding tert-OH is 2. The van der Waals surface area contributed by atoms with Crippen LogP contribution in [0.25, 0.3) is 0 Å². The molecule has 1 aliphatic rings. The zero-order chi connectivity index (χ0) is 11.3. The molecule has 3 heteroatoms. The molecule has 15 heavy (non-hydrogen) atoms. The Balaban J connectivity index is 2.26. The van der Waals surface area contributed by atoms with Crippen LogP contribution in [0.2, 0.25) is 0 Å². The van der Waals surface area contributed by atoms with Crippen molar-refractivity contribution in [2.24, 2.45) is 5.41 Å². The molecule has 0 aromatic carbocycles. The number of rotatable bonds is 4. The average Bonchev–Trinajstić information content (AvgIpc) is 2.36. The van der Waals surface area contributed by atoms with Crippen molar-refractivity contribution < 1.29 is 10.2 Å². The van der Waals surface area contributed by atoms with E-state index in [2.05, 4.69) is 19.2 Å². The van der Waals surface area contributed by atoms with E-state index in [1.165, 1.54) is 32.1 Å². The Bertz CT molecular complexity index is 182. The fraction of sp³-hybridized carbons (Fsp3) is 1.00. The van der Waals surface area contributed by atoms with Crippen LogP contribution in [-0.4, -0.2) is 35.5 Å². The molecule has 2 atom stereocenters. The van der Waals surface area contributed by atoms with Crippen molar-refractivity contribution in [1.82, 2.24) is 5.32 Å². The van der Waals surface area contributed by atoms with Crippen LogP contribution in [0.4, 0.5) is 0 Å². The molecule has 90 valence electrons. The molecule has 1 rings (SSSR count). The van der Waals surface area contributed by atoms with Gasteiger partial charge >= 0.3 is 0 Å². The zero-order valence-corrected chi connectivity index (χ0v) is 10.00. The molecule has 0 aromatic rings. The molecule has 2 unspecified atom stereocenters. The van der Waals surface area contributed by atoms with Crippen LogP contribution >= 0.6 is 0 Å². The van der Waals surface area contributed by atoms with E-state index in [4.69, 9.17) is 5.11 Å². The van der Waals surface area contributed by atoms with Gasteiger partial charge in [-0.25, -0.2) is 0 Å². The summed E-state index contributed by atoms with van der Waals surface area (Å²) in [6, 6.07) is 0.521. The Morgan fingerprint density at radius 2 is 2.07 bits per heavy atom. The molecule has 0 aromatic heterocycles. The predicted molar refractivity (Wildman–Crippen MR) is 61.7 cm³/mol. The van der Waals surface area contributed by atoms with Gasteiger partial charge in [0.25, 0.3) is 0 Å². The molecule has 0 radical (unpaired) electrons. The summed E-state index contributed by atoms with van der Waals surface area (Å²) in [7, 11) is 0. The highest BCUT2D eigenvalue weighted by molar-refractivity contribution is 4.80. The molecule has 0 aliphatic heterocycles. The van der Waals surface area contributed by atoms with E-state index in [0.717, 1.165) is 0 Å². The van der Waals surface area contributed by atoms with Gasteiger partial charge in [0.15, 0.2) is 0 Å². The van der Waals surface area contributed by atoms with Crippen molar-refractivity contribution in [3.63, 3.8) is 0 Å². The van der Waals surface area contributed by atoms with E-state index >= 15 is 0 Å².